The summed E-state index contributed by atoms with van der Waals surface area (Å²) in [5.41, 5.74) is 3.74. The molecular weight excluding hydrogens is 528 g/mol. The Morgan fingerprint density at radius 3 is 1.68 bits per heavy atom. The maximum atomic E-state index is 12.9. The number of nitrogens with one attached hydrogen (secondary N) is 2. The summed E-state index contributed by atoms with van der Waals surface area (Å²) >= 11 is 0. The van der Waals surface area contributed by atoms with E-state index >= 15 is 0 Å². The smallest absolute Gasteiger partial charge is 0.318 e. The Kier molecular flexibility index (Phi) is 10.8. The third-order valence-corrected chi connectivity index (χ3v) is 7.91. The zero-order chi connectivity index (χ0) is 27.8. The van der Waals surface area contributed by atoms with Gasteiger partial charge in [0, 0.05) is 10.8 Å². The number of amides is 2. The van der Waals surface area contributed by atoms with Crippen LogP contribution in [0.4, 0.5) is 0 Å². The van der Waals surface area contributed by atoms with Crippen LogP contribution in [0.2, 0.25) is 0 Å². The first-order valence-corrected chi connectivity index (χ1v) is 14.4. The Labute approximate surface area is 216 Å². The maximum Gasteiger partial charge on any atom is 0.318 e. The highest BCUT2D eigenvalue weighted by Crippen LogP contribution is 2.36. The number of hydrogen-bond donors (Lipinski definition) is 3. The van der Waals surface area contributed by atoms with Gasteiger partial charge < -0.3 is 5.11 Å². The lowest BCUT2D eigenvalue weighted by Gasteiger charge is -2.17. The Morgan fingerprint density at radius 2 is 1.22 bits per heavy atom. The van der Waals surface area contributed by atoms with Crippen LogP contribution in [0.25, 0.3) is 10.8 Å². The van der Waals surface area contributed by atoms with E-state index in [-0.39, 0.29) is 23.9 Å². The van der Waals surface area contributed by atoms with Crippen LogP contribution < -0.4 is 11.0 Å². The van der Waals surface area contributed by atoms with Gasteiger partial charge in [-0.05, 0) is 44.4 Å². The fraction of sp³-hybridized carbons (Fsp3) is 0.455. The third-order valence-electron chi connectivity index (χ3n) is 5.53. The SMILES string of the molecule is CCN(CC)CC(=O)NOS(=O)(=O)c1ccc(O)c2c(S(=O)(=O)ONC(=O)CN(CC)CC)cccc12. The summed E-state index contributed by atoms with van der Waals surface area (Å²) in [6.45, 7) is 9.38. The second kappa shape index (κ2) is 13.1. The second-order valence-electron chi connectivity index (χ2n) is 7.81. The summed E-state index contributed by atoms with van der Waals surface area (Å²) < 4.78 is 60.8. The lowest BCUT2D eigenvalue weighted by molar-refractivity contribution is -0.129. The van der Waals surface area contributed by atoms with Crippen molar-refractivity contribution in [2.24, 2.45) is 0 Å². The van der Waals surface area contributed by atoms with E-state index in [1.807, 2.05) is 38.7 Å². The Hall–Kier alpha value is -2.82. The van der Waals surface area contributed by atoms with Gasteiger partial charge >= 0.3 is 20.2 Å². The number of aromatic hydroxyl groups is 1. The number of carbonyl (C=O) groups is 2. The van der Waals surface area contributed by atoms with Gasteiger partial charge in [-0.1, -0.05) is 39.8 Å². The number of hydrogen-bond acceptors (Lipinski definition) is 11. The van der Waals surface area contributed by atoms with Crippen LogP contribution in [-0.2, 0) is 38.4 Å². The largest absolute Gasteiger partial charge is 0.507 e. The molecule has 0 saturated heterocycles. The Morgan fingerprint density at radius 1 is 0.757 bits per heavy atom. The zero-order valence-corrected chi connectivity index (χ0v) is 22.7. The third kappa shape index (κ3) is 7.83. The van der Waals surface area contributed by atoms with E-state index in [0.717, 1.165) is 18.2 Å². The summed E-state index contributed by atoms with van der Waals surface area (Å²) in [6.07, 6.45) is 0. The molecule has 15 heteroatoms. The first kappa shape index (κ1) is 30.4. The average Bonchev–Trinajstić information content (AvgIpc) is 2.87. The number of carbonyl (C=O) groups excluding carboxylic acids is 2. The molecule has 0 aliphatic rings. The summed E-state index contributed by atoms with van der Waals surface area (Å²) in [5, 5.41) is 9.83. The van der Waals surface area contributed by atoms with Gasteiger partial charge in [0.05, 0.1) is 13.1 Å². The summed E-state index contributed by atoms with van der Waals surface area (Å²) in [7, 11) is -9.31. The molecule has 0 atom stereocenters. The summed E-state index contributed by atoms with van der Waals surface area (Å²) in [4.78, 5) is 26.5. The van der Waals surface area contributed by atoms with Crippen molar-refractivity contribution in [2.45, 2.75) is 37.5 Å². The molecule has 206 valence electrons. The number of phenols is 1. The van der Waals surface area contributed by atoms with E-state index in [2.05, 4.69) is 4.28 Å². The van der Waals surface area contributed by atoms with Crippen molar-refractivity contribution in [1.82, 2.24) is 20.8 Å². The van der Waals surface area contributed by atoms with Crippen LogP contribution in [0.5, 0.6) is 5.75 Å². The molecule has 2 aromatic rings. The van der Waals surface area contributed by atoms with Crippen molar-refractivity contribution in [3.8, 4) is 5.75 Å². The van der Waals surface area contributed by atoms with E-state index in [9.17, 15) is 31.5 Å². The van der Waals surface area contributed by atoms with Crippen LogP contribution in [0.3, 0.4) is 0 Å². The number of likely N-dealkylation sites (N-methyl/N-ethyl adjacent to an activating group) is 2. The van der Waals surface area contributed by atoms with E-state index in [1.54, 1.807) is 9.80 Å². The van der Waals surface area contributed by atoms with Crippen LogP contribution in [0.1, 0.15) is 27.7 Å². The van der Waals surface area contributed by atoms with Gasteiger partial charge in [-0.15, -0.1) is 8.57 Å². The van der Waals surface area contributed by atoms with Gasteiger partial charge in [-0.3, -0.25) is 19.4 Å². The van der Waals surface area contributed by atoms with Gasteiger partial charge in [-0.2, -0.15) is 16.8 Å². The monoisotopic (exact) mass is 560 g/mol. The lowest BCUT2D eigenvalue weighted by atomic mass is 10.1. The van der Waals surface area contributed by atoms with E-state index < -0.39 is 47.6 Å². The zero-order valence-electron chi connectivity index (χ0n) is 21.1. The molecule has 37 heavy (non-hydrogen) atoms. The predicted octanol–water partition coefficient (Wildman–Crippen LogP) is 0.702. The molecule has 0 saturated carbocycles. The lowest BCUT2D eigenvalue weighted by Crippen LogP contribution is -2.38. The van der Waals surface area contributed by atoms with Gasteiger partial charge in [0.25, 0.3) is 11.8 Å². The van der Waals surface area contributed by atoms with Crippen molar-refractivity contribution in [2.75, 3.05) is 39.3 Å². The molecule has 0 radical (unpaired) electrons. The van der Waals surface area contributed by atoms with Crippen LogP contribution >= 0.6 is 0 Å². The van der Waals surface area contributed by atoms with Gasteiger partial charge in [0.2, 0.25) is 0 Å². The molecule has 2 aromatic carbocycles. The number of fused-ring (bicyclic) bond motifs is 1. The van der Waals surface area contributed by atoms with Crippen LogP contribution in [-0.4, -0.2) is 82.8 Å². The molecule has 2 rings (SSSR count). The molecule has 0 fully saturated rings. The van der Waals surface area contributed by atoms with Crippen molar-refractivity contribution >= 4 is 42.8 Å². The summed E-state index contributed by atoms with van der Waals surface area (Å²) in [6, 6.07) is 5.53. The van der Waals surface area contributed by atoms with Crippen molar-refractivity contribution in [3.63, 3.8) is 0 Å². The minimum Gasteiger partial charge on any atom is -0.507 e. The first-order chi connectivity index (χ1) is 17.4. The van der Waals surface area contributed by atoms with Crippen LogP contribution in [0, 0.1) is 0 Å². The van der Waals surface area contributed by atoms with E-state index in [4.69, 9.17) is 4.28 Å². The van der Waals surface area contributed by atoms with E-state index in [1.165, 1.54) is 12.1 Å². The molecule has 0 aliphatic carbocycles. The van der Waals surface area contributed by atoms with Crippen LogP contribution in [0.15, 0.2) is 40.1 Å². The number of benzene rings is 2. The maximum absolute atomic E-state index is 12.9. The highest BCUT2D eigenvalue weighted by molar-refractivity contribution is 7.87. The minimum absolute atomic E-state index is 0.0986. The Bertz CT molecular complexity index is 1320. The fourth-order valence-electron chi connectivity index (χ4n) is 3.41. The molecular formula is C22H32N4O9S2. The highest BCUT2D eigenvalue weighted by Gasteiger charge is 2.27. The topological polar surface area (TPSA) is 172 Å². The first-order valence-electron chi connectivity index (χ1n) is 11.5. The number of hydroxylamine groups is 2. The van der Waals surface area contributed by atoms with Gasteiger partial charge in [-0.25, -0.2) is 11.0 Å². The number of phenolic OH excluding ortho intramolecular Hbond substituents is 1. The van der Waals surface area contributed by atoms with E-state index in [0.29, 0.717) is 26.2 Å². The molecule has 0 heterocycles. The molecule has 2 amide bonds. The number of rotatable bonds is 14. The fourth-order valence-corrected chi connectivity index (χ4v) is 5.38. The molecule has 0 aromatic heterocycles. The molecule has 0 spiro atoms. The molecule has 3 N–H and O–H groups in total. The van der Waals surface area contributed by atoms with Gasteiger partial charge in [0.1, 0.15) is 15.5 Å². The second-order valence-corrected chi connectivity index (χ2v) is 10.8. The quantitative estimate of drug-likeness (QED) is 0.278. The van der Waals surface area contributed by atoms with Crippen molar-refractivity contribution in [1.29, 1.82) is 0 Å². The van der Waals surface area contributed by atoms with Crippen molar-refractivity contribution in [3.05, 3.63) is 30.3 Å². The molecule has 0 bridgehead atoms. The Balaban J connectivity index is 2.35. The normalized spacial score (nSPS) is 12.3. The molecule has 0 unspecified atom stereocenters. The van der Waals surface area contributed by atoms with Crippen molar-refractivity contribution < 1.29 is 40.1 Å². The average molecular weight is 561 g/mol. The molecule has 0 aliphatic heterocycles. The number of nitrogens with zero attached hydrogens (tertiary/aromatic N) is 2. The highest BCUT2D eigenvalue weighted by atomic mass is 32.2. The standard InChI is InChI=1S/C22H32N4O9S2/c1-5-25(6-2)14-20(28)23-34-36(30,31)18-13-12-17(27)22-16(18)10-9-11-19(22)37(32,33)35-24-21(29)15-26(7-3)8-4/h9-13,27H,5-8,14-15H2,1-4H3,(H,23,28)(H,24,29). The summed E-state index contributed by atoms with van der Waals surface area (Å²) in [5.74, 6) is -1.97. The van der Waals surface area contributed by atoms with Gasteiger partial charge in [0.15, 0.2) is 0 Å². The molecule has 13 nitrogen and oxygen atoms in total. The predicted molar refractivity (Wildman–Crippen MR) is 134 cm³/mol. The minimum atomic E-state index is -4.68.